The summed E-state index contributed by atoms with van der Waals surface area (Å²) >= 11 is 0. The van der Waals surface area contributed by atoms with Gasteiger partial charge in [-0.05, 0) is 76.1 Å². The van der Waals surface area contributed by atoms with Crippen LogP contribution in [-0.4, -0.2) is 20.6 Å². The van der Waals surface area contributed by atoms with Crippen molar-refractivity contribution >= 4 is 28.4 Å². The molecule has 242 valence electrons. The minimum atomic E-state index is -0.497. The number of nitrogens with zero attached hydrogens (tertiary/aromatic N) is 3. The van der Waals surface area contributed by atoms with Crippen LogP contribution in [0.2, 0.25) is 0 Å². The zero-order chi connectivity index (χ0) is 33.6. The van der Waals surface area contributed by atoms with Crippen molar-refractivity contribution in [1.82, 2.24) is 14.5 Å². The number of carbonyl (C=O) groups is 1. The van der Waals surface area contributed by atoms with E-state index < -0.39 is 6.03 Å². The van der Waals surface area contributed by atoms with Crippen molar-refractivity contribution in [1.29, 1.82) is 0 Å². The maximum absolute atomic E-state index is 14.6. The average Bonchev–Trinajstić information content (AvgIpc) is 3.10. The molecule has 0 aliphatic rings. The lowest BCUT2D eigenvalue weighted by Crippen LogP contribution is -2.30. The number of ether oxygens (including phenoxy) is 1. The fraction of sp³-hybridized carbons (Fsp3) is 0.200. The number of para-hydroxylation sites is 1. The molecule has 6 rings (SSSR count). The molecule has 3 aromatic heterocycles. The van der Waals surface area contributed by atoms with E-state index in [1.807, 2.05) is 97.1 Å². The molecule has 8 heteroatoms. The molecule has 0 bridgehead atoms. The first-order valence-electron chi connectivity index (χ1n) is 16.2. The van der Waals surface area contributed by atoms with E-state index in [0.29, 0.717) is 29.1 Å². The summed E-state index contributed by atoms with van der Waals surface area (Å²) in [6.45, 7) is 9.04. The molecular weight excluding hydrogens is 598 g/mol. The molecule has 3 heterocycles. The number of nitrogens with one attached hydrogen (secondary N) is 2. The van der Waals surface area contributed by atoms with Crippen molar-refractivity contribution in [2.75, 3.05) is 10.6 Å². The highest BCUT2D eigenvalue weighted by Crippen LogP contribution is 2.36. The summed E-state index contributed by atoms with van der Waals surface area (Å²) < 4.78 is 7.76. The third-order valence-electron chi connectivity index (χ3n) is 8.33. The first-order chi connectivity index (χ1) is 23.3. The van der Waals surface area contributed by atoms with Gasteiger partial charge in [-0.2, -0.15) is 0 Å². The van der Waals surface area contributed by atoms with Gasteiger partial charge in [0.1, 0.15) is 23.7 Å². The van der Waals surface area contributed by atoms with Crippen LogP contribution in [-0.2, 0) is 13.2 Å². The quantitative estimate of drug-likeness (QED) is 0.156. The first-order valence-corrected chi connectivity index (χ1v) is 16.2. The molecule has 0 aliphatic heterocycles. The zero-order valence-corrected chi connectivity index (χ0v) is 27.6. The number of anilines is 2. The fourth-order valence-electron chi connectivity index (χ4n) is 5.95. The van der Waals surface area contributed by atoms with Gasteiger partial charge in [-0.3, -0.25) is 14.3 Å². The van der Waals surface area contributed by atoms with Crippen LogP contribution < -0.4 is 20.9 Å². The maximum Gasteiger partial charge on any atom is 0.323 e. The molecule has 0 atom stereocenters. The van der Waals surface area contributed by atoms with Crippen molar-refractivity contribution in [3.8, 4) is 16.9 Å². The number of aromatic nitrogens is 3. The number of fused-ring (bicyclic) bond motifs is 1. The molecule has 0 saturated heterocycles. The molecule has 2 amide bonds. The number of benzene rings is 3. The third-order valence-corrected chi connectivity index (χ3v) is 8.33. The number of hydrogen-bond acceptors (Lipinski definition) is 5. The Balaban J connectivity index is 1.48. The van der Waals surface area contributed by atoms with Crippen LogP contribution in [0.25, 0.3) is 22.2 Å². The molecule has 0 spiro atoms. The second-order valence-electron chi connectivity index (χ2n) is 12.4. The van der Waals surface area contributed by atoms with E-state index >= 15 is 0 Å². The van der Waals surface area contributed by atoms with Crippen LogP contribution in [0.5, 0.6) is 5.75 Å². The summed E-state index contributed by atoms with van der Waals surface area (Å²) in [5.74, 6) is 0.983. The molecule has 6 aromatic rings. The zero-order valence-electron chi connectivity index (χ0n) is 27.6. The molecule has 0 saturated carbocycles. The normalized spacial score (nSPS) is 11.2. The maximum atomic E-state index is 14.6. The van der Waals surface area contributed by atoms with Gasteiger partial charge in [-0.1, -0.05) is 88.4 Å². The molecule has 3 aromatic carbocycles. The van der Waals surface area contributed by atoms with Crippen LogP contribution in [0.4, 0.5) is 16.2 Å². The van der Waals surface area contributed by atoms with Gasteiger partial charge < -0.3 is 15.4 Å². The molecule has 0 aliphatic carbocycles. The van der Waals surface area contributed by atoms with Gasteiger partial charge in [0.15, 0.2) is 0 Å². The summed E-state index contributed by atoms with van der Waals surface area (Å²) in [5, 5.41) is 6.84. The average molecular weight is 638 g/mol. The van der Waals surface area contributed by atoms with Gasteiger partial charge in [-0.25, -0.2) is 9.78 Å². The number of amides is 2. The number of urea groups is 1. The molecule has 0 radical (unpaired) electrons. The SMILES string of the molecule is CC(C)c1cccc(C(C)C)c1NC(=O)Nc1c(-c2cccc(OCc3ccncc3)c2)c2cccnc2n(Cc2ccccc2)c1=O. The van der Waals surface area contributed by atoms with Gasteiger partial charge >= 0.3 is 6.03 Å². The Morgan fingerprint density at radius 2 is 1.44 bits per heavy atom. The Kier molecular flexibility index (Phi) is 9.62. The third kappa shape index (κ3) is 6.98. The molecular formula is C40H39N5O3. The minimum absolute atomic E-state index is 0.156. The Hall–Kier alpha value is -5.76. The van der Waals surface area contributed by atoms with E-state index in [1.54, 1.807) is 23.2 Å². The fourth-order valence-corrected chi connectivity index (χ4v) is 5.95. The summed E-state index contributed by atoms with van der Waals surface area (Å²) in [7, 11) is 0. The van der Waals surface area contributed by atoms with Gasteiger partial charge in [-0.15, -0.1) is 0 Å². The predicted molar refractivity (Wildman–Crippen MR) is 193 cm³/mol. The topological polar surface area (TPSA) is 98.1 Å². The largest absolute Gasteiger partial charge is 0.489 e. The number of carbonyl (C=O) groups excluding carboxylic acids is 1. The number of hydrogen-bond donors (Lipinski definition) is 2. The Bertz CT molecular complexity index is 2080. The van der Waals surface area contributed by atoms with Gasteiger partial charge in [0, 0.05) is 35.2 Å². The highest BCUT2D eigenvalue weighted by molar-refractivity contribution is 6.08. The van der Waals surface area contributed by atoms with Crippen molar-refractivity contribution in [2.45, 2.75) is 52.7 Å². The molecule has 8 nitrogen and oxygen atoms in total. The monoisotopic (exact) mass is 637 g/mol. The standard InChI is InChI=1S/C40H39N5O3/c1-26(2)32-15-9-16-33(27(3)4)36(32)43-40(47)44-37-35(30-13-8-14-31(23-30)48-25-29-18-21-41-22-19-29)34-17-10-20-42-38(34)45(39(37)46)24-28-11-6-5-7-12-28/h5-23,26-27H,24-25H2,1-4H3,(H2,43,44,47). The smallest absolute Gasteiger partial charge is 0.323 e. The Morgan fingerprint density at radius 3 is 2.15 bits per heavy atom. The van der Waals surface area contributed by atoms with E-state index in [2.05, 4.69) is 48.3 Å². The van der Waals surface area contributed by atoms with Crippen molar-refractivity contribution < 1.29 is 9.53 Å². The van der Waals surface area contributed by atoms with Crippen molar-refractivity contribution in [3.05, 3.63) is 148 Å². The van der Waals surface area contributed by atoms with E-state index in [4.69, 9.17) is 4.74 Å². The van der Waals surface area contributed by atoms with Gasteiger partial charge in [0.2, 0.25) is 0 Å². The number of pyridine rings is 3. The summed E-state index contributed by atoms with van der Waals surface area (Å²) in [4.78, 5) is 37.3. The Morgan fingerprint density at radius 1 is 0.750 bits per heavy atom. The second-order valence-corrected chi connectivity index (χ2v) is 12.4. The van der Waals surface area contributed by atoms with E-state index in [1.165, 1.54) is 0 Å². The lowest BCUT2D eigenvalue weighted by molar-refractivity contribution is 0.262. The Labute approximate surface area is 280 Å². The molecule has 0 fully saturated rings. The summed E-state index contributed by atoms with van der Waals surface area (Å²) in [6.07, 6.45) is 5.13. The summed E-state index contributed by atoms with van der Waals surface area (Å²) in [5.41, 5.74) is 6.33. The molecule has 2 N–H and O–H groups in total. The van der Waals surface area contributed by atoms with Crippen LogP contribution in [0.3, 0.4) is 0 Å². The highest BCUT2D eigenvalue weighted by Gasteiger charge is 2.23. The van der Waals surface area contributed by atoms with E-state index in [-0.39, 0.29) is 29.6 Å². The number of rotatable bonds is 10. The van der Waals surface area contributed by atoms with Crippen LogP contribution in [0, 0.1) is 0 Å². The first kappa shape index (κ1) is 32.2. The predicted octanol–water partition coefficient (Wildman–Crippen LogP) is 8.98. The summed E-state index contributed by atoms with van der Waals surface area (Å²) in [6, 6.07) is 30.5. The van der Waals surface area contributed by atoms with Crippen LogP contribution in [0.1, 0.15) is 61.8 Å². The van der Waals surface area contributed by atoms with E-state index in [0.717, 1.165) is 33.3 Å². The lowest BCUT2D eigenvalue weighted by Gasteiger charge is -2.22. The van der Waals surface area contributed by atoms with Crippen molar-refractivity contribution in [3.63, 3.8) is 0 Å². The van der Waals surface area contributed by atoms with Gasteiger partial charge in [0.25, 0.3) is 5.56 Å². The van der Waals surface area contributed by atoms with E-state index in [9.17, 15) is 9.59 Å². The molecule has 48 heavy (non-hydrogen) atoms. The minimum Gasteiger partial charge on any atom is -0.489 e. The van der Waals surface area contributed by atoms with Crippen LogP contribution >= 0.6 is 0 Å². The van der Waals surface area contributed by atoms with Crippen LogP contribution in [0.15, 0.2) is 120 Å². The van der Waals surface area contributed by atoms with Crippen molar-refractivity contribution in [2.24, 2.45) is 0 Å². The van der Waals surface area contributed by atoms with Gasteiger partial charge in [0.05, 0.1) is 6.54 Å². The highest BCUT2D eigenvalue weighted by atomic mass is 16.5. The second kappa shape index (κ2) is 14.3. The lowest BCUT2D eigenvalue weighted by atomic mass is 9.93. The molecule has 0 unspecified atom stereocenters.